The van der Waals surface area contributed by atoms with Gasteiger partial charge in [-0.15, -0.1) is 0 Å². The van der Waals surface area contributed by atoms with Crippen LogP contribution in [0.1, 0.15) is 38.1 Å². The van der Waals surface area contributed by atoms with Crippen LogP contribution >= 0.6 is 0 Å². The molecule has 236 valence electrons. The maximum absolute atomic E-state index is 13.6. The molecule has 1 fully saturated rings. The van der Waals surface area contributed by atoms with Crippen LogP contribution in [0.4, 0.5) is 16.0 Å². The zero-order valence-electron chi connectivity index (χ0n) is 26.4. The molecule has 0 unspecified atom stereocenters. The Hall–Kier alpha value is -5.66. The van der Waals surface area contributed by atoms with Crippen molar-refractivity contribution in [1.82, 2.24) is 29.2 Å². The van der Waals surface area contributed by atoms with Crippen molar-refractivity contribution in [3.05, 3.63) is 115 Å². The Morgan fingerprint density at radius 3 is 2.43 bits per heavy atom. The number of aromatic nitrogens is 5. The number of hydrogen-bond acceptors (Lipinski definition) is 8. The lowest BCUT2D eigenvalue weighted by Gasteiger charge is -2.32. The van der Waals surface area contributed by atoms with Crippen molar-refractivity contribution in [2.24, 2.45) is 0 Å². The molecular weight excluding hydrogens is 589 g/mol. The highest BCUT2D eigenvalue weighted by molar-refractivity contribution is 5.90. The number of nitrogens with one attached hydrogen (secondary N) is 1. The third kappa shape index (κ3) is 6.95. The standard InChI is InChI=1S/C35H30FN9.C2H6/c36-26-8-10-31(41-20-26)25-7-9-28-18-30(29-2-1-14-40-35(29)38)34(45(28)22-25)24-5-3-23(4-6-24)21-44-16-12-27(13-17-44)42-32-11-15-39-33(19-37)43-32;1-2/h1-11,14-15,18,20,22,27H,12-13,16-17,21H2,(H2,38,40)(H,39,42,43);1-2H3. The van der Waals surface area contributed by atoms with Crippen LogP contribution in [-0.4, -0.2) is 48.4 Å². The van der Waals surface area contributed by atoms with E-state index in [2.05, 4.69) is 64.9 Å². The number of nitrogen functional groups attached to an aromatic ring is 1. The molecule has 0 atom stereocenters. The van der Waals surface area contributed by atoms with E-state index in [0.29, 0.717) is 23.4 Å². The molecule has 1 aliphatic rings. The summed E-state index contributed by atoms with van der Waals surface area (Å²) < 4.78 is 15.7. The topological polar surface area (TPSA) is 121 Å². The Morgan fingerprint density at radius 1 is 0.915 bits per heavy atom. The van der Waals surface area contributed by atoms with Gasteiger partial charge < -0.3 is 15.5 Å². The summed E-state index contributed by atoms with van der Waals surface area (Å²) in [5, 5.41) is 12.5. The lowest BCUT2D eigenvalue weighted by atomic mass is 10.00. The van der Waals surface area contributed by atoms with E-state index in [-0.39, 0.29) is 11.6 Å². The Morgan fingerprint density at radius 2 is 1.70 bits per heavy atom. The predicted molar refractivity (Wildman–Crippen MR) is 184 cm³/mol. The number of pyridine rings is 3. The zero-order chi connectivity index (χ0) is 32.8. The molecular formula is C37H36FN9. The molecule has 0 amide bonds. The number of nitrogens with zero attached hydrogens (tertiary/aromatic N) is 7. The van der Waals surface area contributed by atoms with Gasteiger partial charge in [0.2, 0.25) is 5.82 Å². The minimum absolute atomic E-state index is 0.176. The number of likely N-dealkylation sites (tertiary alicyclic amines) is 1. The van der Waals surface area contributed by atoms with Crippen LogP contribution in [-0.2, 0) is 6.54 Å². The van der Waals surface area contributed by atoms with Crippen LogP contribution in [0, 0.1) is 17.1 Å². The summed E-state index contributed by atoms with van der Waals surface area (Å²) in [5.74, 6) is 0.974. The molecule has 0 aliphatic carbocycles. The molecule has 1 aliphatic heterocycles. The van der Waals surface area contributed by atoms with E-state index in [1.54, 1.807) is 24.5 Å². The van der Waals surface area contributed by atoms with Gasteiger partial charge in [0.1, 0.15) is 23.5 Å². The summed E-state index contributed by atoms with van der Waals surface area (Å²) in [6, 6.07) is 25.9. The number of hydrogen-bond donors (Lipinski definition) is 2. The maximum Gasteiger partial charge on any atom is 0.234 e. The SMILES string of the molecule is CC.N#Cc1nccc(NC2CCN(Cc3ccc(-c4c(-c5cccnc5N)cc5ccc(-c6ccc(F)cn6)cn45)cc3)CC2)n1. The molecule has 1 aromatic carbocycles. The number of nitriles is 1. The second-order valence-corrected chi connectivity index (χ2v) is 11.2. The summed E-state index contributed by atoms with van der Waals surface area (Å²) in [4.78, 5) is 19.3. The third-order valence-corrected chi connectivity index (χ3v) is 8.25. The monoisotopic (exact) mass is 625 g/mol. The van der Waals surface area contributed by atoms with Crippen molar-refractivity contribution in [2.75, 3.05) is 24.1 Å². The summed E-state index contributed by atoms with van der Waals surface area (Å²) >= 11 is 0. The molecule has 7 rings (SSSR count). The number of halogens is 1. The summed E-state index contributed by atoms with van der Waals surface area (Å²) in [6.45, 7) is 6.78. The van der Waals surface area contributed by atoms with Crippen molar-refractivity contribution in [1.29, 1.82) is 5.26 Å². The van der Waals surface area contributed by atoms with Crippen molar-refractivity contribution >= 4 is 17.2 Å². The molecule has 1 saturated heterocycles. The fourth-order valence-corrected chi connectivity index (χ4v) is 5.98. The number of nitrogens with two attached hydrogens (primary N) is 1. The number of piperidine rings is 1. The van der Waals surface area contributed by atoms with Crippen LogP contribution in [0.5, 0.6) is 0 Å². The van der Waals surface area contributed by atoms with Gasteiger partial charge >= 0.3 is 0 Å². The van der Waals surface area contributed by atoms with Gasteiger partial charge in [0, 0.05) is 66.5 Å². The minimum Gasteiger partial charge on any atom is -0.383 e. The molecule has 47 heavy (non-hydrogen) atoms. The van der Waals surface area contributed by atoms with E-state index in [4.69, 9.17) is 11.0 Å². The van der Waals surface area contributed by atoms with Crippen molar-refractivity contribution in [3.63, 3.8) is 0 Å². The molecule has 5 aromatic heterocycles. The Kier molecular flexibility index (Phi) is 9.46. The quantitative estimate of drug-likeness (QED) is 0.191. The molecule has 0 saturated carbocycles. The fourth-order valence-electron chi connectivity index (χ4n) is 5.98. The lowest BCUT2D eigenvalue weighted by Crippen LogP contribution is -2.38. The first-order valence-corrected chi connectivity index (χ1v) is 15.8. The highest BCUT2D eigenvalue weighted by Crippen LogP contribution is 2.38. The summed E-state index contributed by atoms with van der Waals surface area (Å²) in [7, 11) is 0. The van der Waals surface area contributed by atoms with Gasteiger partial charge in [-0.2, -0.15) is 5.26 Å². The van der Waals surface area contributed by atoms with Gasteiger partial charge in [0.15, 0.2) is 0 Å². The van der Waals surface area contributed by atoms with Gasteiger partial charge in [-0.3, -0.25) is 9.88 Å². The van der Waals surface area contributed by atoms with Crippen LogP contribution in [0.3, 0.4) is 0 Å². The Labute approximate surface area is 273 Å². The van der Waals surface area contributed by atoms with E-state index in [1.165, 1.54) is 17.8 Å². The van der Waals surface area contributed by atoms with Gasteiger partial charge in [-0.25, -0.2) is 19.3 Å². The Bertz CT molecular complexity index is 2010. The average Bonchev–Trinajstić information content (AvgIpc) is 3.49. The maximum atomic E-state index is 13.6. The molecule has 0 bridgehead atoms. The Balaban J connectivity index is 0.00000190. The van der Waals surface area contributed by atoms with Crippen molar-refractivity contribution < 1.29 is 4.39 Å². The third-order valence-electron chi connectivity index (χ3n) is 8.25. The molecule has 6 heterocycles. The normalized spacial score (nSPS) is 13.5. The van der Waals surface area contributed by atoms with Gasteiger partial charge in [0.25, 0.3) is 0 Å². The second kappa shape index (κ2) is 14.2. The number of fused-ring (bicyclic) bond motifs is 1. The van der Waals surface area contributed by atoms with Crippen LogP contribution in [0.15, 0.2) is 97.6 Å². The van der Waals surface area contributed by atoms with Gasteiger partial charge in [0.05, 0.1) is 17.6 Å². The number of anilines is 2. The molecule has 10 heteroatoms. The fraction of sp³-hybridized carbons (Fsp3) is 0.216. The van der Waals surface area contributed by atoms with E-state index in [1.807, 2.05) is 50.4 Å². The molecule has 6 aromatic rings. The van der Waals surface area contributed by atoms with Crippen molar-refractivity contribution in [3.8, 4) is 39.7 Å². The van der Waals surface area contributed by atoms with Crippen LogP contribution < -0.4 is 11.1 Å². The van der Waals surface area contributed by atoms with Crippen LogP contribution in [0.25, 0.3) is 39.2 Å². The first-order chi connectivity index (χ1) is 23.0. The van der Waals surface area contributed by atoms with E-state index in [9.17, 15) is 4.39 Å². The summed E-state index contributed by atoms with van der Waals surface area (Å²) in [6.07, 6.45) is 8.55. The highest BCUT2D eigenvalue weighted by Gasteiger charge is 2.21. The largest absolute Gasteiger partial charge is 0.383 e. The molecule has 0 spiro atoms. The van der Waals surface area contributed by atoms with E-state index < -0.39 is 0 Å². The molecule has 9 nitrogen and oxygen atoms in total. The predicted octanol–water partition coefficient (Wildman–Crippen LogP) is 7.22. The van der Waals surface area contributed by atoms with E-state index in [0.717, 1.165) is 65.9 Å². The second-order valence-electron chi connectivity index (χ2n) is 11.2. The summed E-state index contributed by atoms with van der Waals surface area (Å²) in [5.41, 5.74) is 14.1. The van der Waals surface area contributed by atoms with Gasteiger partial charge in [-0.05, 0) is 72.5 Å². The minimum atomic E-state index is -0.366. The first-order valence-electron chi connectivity index (χ1n) is 15.8. The highest BCUT2D eigenvalue weighted by atomic mass is 19.1. The van der Waals surface area contributed by atoms with Gasteiger partial charge in [-0.1, -0.05) is 38.1 Å². The number of benzene rings is 1. The van der Waals surface area contributed by atoms with Crippen molar-refractivity contribution in [2.45, 2.75) is 39.3 Å². The smallest absolute Gasteiger partial charge is 0.234 e. The average molecular weight is 626 g/mol. The van der Waals surface area contributed by atoms with E-state index >= 15 is 0 Å². The number of rotatable bonds is 7. The zero-order valence-corrected chi connectivity index (χ0v) is 26.4. The molecule has 3 N–H and O–H groups in total. The molecule has 0 radical (unpaired) electrons. The first kappa shape index (κ1) is 31.3. The lowest BCUT2D eigenvalue weighted by molar-refractivity contribution is 0.211. The van der Waals surface area contributed by atoms with Crippen LogP contribution in [0.2, 0.25) is 0 Å².